The van der Waals surface area contributed by atoms with Crippen molar-refractivity contribution in [2.75, 3.05) is 18.4 Å². The summed E-state index contributed by atoms with van der Waals surface area (Å²) in [6, 6.07) is 4.10. The fourth-order valence-electron chi connectivity index (χ4n) is 2.89. The molecule has 2 amide bonds. The van der Waals surface area contributed by atoms with Gasteiger partial charge in [0.25, 0.3) is 0 Å². The molecule has 3 rings (SSSR count). The minimum atomic E-state index is -4.67. The van der Waals surface area contributed by atoms with Crippen molar-refractivity contribution >= 4 is 28.6 Å². The van der Waals surface area contributed by atoms with E-state index in [-0.39, 0.29) is 29.5 Å². The number of alkyl halides is 3. The lowest BCUT2D eigenvalue weighted by molar-refractivity contribution is -0.156. The van der Waals surface area contributed by atoms with Crippen molar-refractivity contribution in [1.82, 2.24) is 9.88 Å². The summed E-state index contributed by atoms with van der Waals surface area (Å²) in [5.74, 6) is -2.27. The number of aromatic nitrogens is 1. The van der Waals surface area contributed by atoms with Gasteiger partial charge in [-0.1, -0.05) is 6.58 Å². The van der Waals surface area contributed by atoms with E-state index in [1.54, 1.807) is 4.90 Å². The molecule has 1 aromatic heterocycles. The average molecular weight is 367 g/mol. The molecule has 1 aromatic carbocycles. The van der Waals surface area contributed by atoms with Crippen LogP contribution in [0.5, 0.6) is 0 Å². The molecule has 2 heterocycles. The van der Waals surface area contributed by atoms with Crippen LogP contribution in [-0.4, -0.2) is 34.8 Å². The van der Waals surface area contributed by atoms with Crippen LogP contribution in [-0.2, 0) is 15.8 Å². The zero-order valence-corrected chi connectivity index (χ0v) is 13.7. The van der Waals surface area contributed by atoms with Crippen LogP contribution < -0.4 is 5.32 Å². The Kier molecular flexibility index (Phi) is 4.71. The fraction of sp³-hybridized carbons (Fsp3) is 0.353. The number of piperidine rings is 1. The van der Waals surface area contributed by atoms with Gasteiger partial charge in [0.05, 0.1) is 5.92 Å². The van der Waals surface area contributed by atoms with E-state index in [9.17, 15) is 22.8 Å². The number of nitrogens with one attached hydrogen (secondary N) is 1. The lowest BCUT2D eigenvalue weighted by Crippen LogP contribution is -2.43. The summed E-state index contributed by atoms with van der Waals surface area (Å²) in [7, 11) is 0. The molecule has 1 aliphatic heterocycles. The second-order valence-corrected chi connectivity index (χ2v) is 6.02. The van der Waals surface area contributed by atoms with Crippen molar-refractivity contribution < 1.29 is 27.2 Å². The van der Waals surface area contributed by atoms with Crippen LogP contribution in [0.2, 0.25) is 0 Å². The smallest absolute Gasteiger partial charge is 0.433 e. The number of amides is 2. The first-order valence-corrected chi connectivity index (χ1v) is 7.98. The maximum absolute atomic E-state index is 12.6. The number of fused-ring (bicyclic) bond motifs is 1. The molecule has 2 aromatic rings. The third-order valence-electron chi connectivity index (χ3n) is 4.18. The second kappa shape index (κ2) is 6.81. The standard InChI is InChI=1S/C17H16F3N3O3/c1-2-14(24)23-7-3-4-10(9-23)15(25)21-11-5-6-12-13(8-11)26-16(22-12)17(18,19)20/h2,5-6,8,10H,1,3-4,7,9H2,(H,21,25). The summed E-state index contributed by atoms with van der Waals surface area (Å²) >= 11 is 0. The SMILES string of the molecule is C=CC(=O)N1CCCC(C(=O)Nc2ccc3nc(C(F)(F)F)oc3c2)C1. The number of likely N-dealkylation sites (tertiary alicyclic amines) is 1. The summed E-state index contributed by atoms with van der Waals surface area (Å²) < 4.78 is 42.6. The molecule has 1 fully saturated rings. The number of rotatable bonds is 3. The van der Waals surface area contributed by atoms with E-state index in [2.05, 4.69) is 16.9 Å². The van der Waals surface area contributed by atoms with Gasteiger partial charge in [0, 0.05) is 24.8 Å². The molecule has 0 aliphatic carbocycles. The lowest BCUT2D eigenvalue weighted by Gasteiger charge is -2.31. The number of benzene rings is 1. The number of hydrogen-bond donors (Lipinski definition) is 1. The van der Waals surface area contributed by atoms with Crippen molar-refractivity contribution in [2.24, 2.45) is 5.92 Å². The molecule has 26 heavy (non-hydrogen) atoms. The van der Waals surface area contributed by atoms with Gasteiger partial charge in [0.15, 0.2) is 5.58 Å². The van der Waals surface area contributed by atoms with E-state index in [0.29, 0.717) is 25.1 Å². The molecule has 1 aliphatic rings. The van der Waals surface area contributed by atoms with Gasteiger partial charge in [-0.15, -0.1) is 0 Å². The number of oxazole rings is 1. The van der Waals surface area contributed by atoms with Crippen LogP contribution in [0.1, 0.15) is 18.7 Å². The van der Waals surface area contributed by atoms with Gasteiger partial charge in [0.1, 0.15) is 5.52 Å². The van der Waals surface area contributed by atoms with Crippen molar-refractivity contribution in [2.45, 2.75) is 19.0 Å². The quantitative estimate of drug-likeness (QED) is 0.846. The first kappa shape index (κ1) is 18.0. The highest BCUT2D eigenvalue weighted by molar-refractivity contribution is 5.95. The molecule has 0 saturated carbocycles. The Morgan fingerprint density at radius 2 is 2.15 bits per heavy atom. The Bertz CT molecular complexity index is 860. The molecule has 138 valence electrons. The largest absolute Gasteiger partial charge is 0.468 e. The maximum atomic E-state index is 12.6. The molecular weight excluding hydrogens is 351 g/mol. The molecule has 9 heteroatoms. The Labute approximate surface area is 146 Å². The first-order chi connectivity index (χ1) is 12.3. The summed E-state index contributed by atoms with van der Waals surface area (Å²) in [5, 5.41) is 2.66. The van der Waals surface area contributed by atoms with Gasteiger partial charge < -0.3 is 14.6 Å². The van der Waals surface area contributed by atoms with Gasteiger partial charge in [-0.3, -0.25) is 9.59 Å². The van der Waals surface area contributed by atoms with Crippen molar-refractivity contribution in [3.8, 4) is 0 Å². The molecular formula is C17H16F3N3O3. The minimum absolute atomic E-state index is 0.0516. The van der Waals surface area contributed by atoms with Crippen LogP contribution in [0, 0.1) is 5.92 Å². The van der Waals surface area contributed by atoms with Crippen LogP contribution in [0.4, 0.5) is 18.9 Å². The van der Waals surface area contributed by atoms with Crippen molar-refractivity contribution in [1.29, 1.82) is 0 Å². The Hall–Kier alpha value is -2.84. The predicted octanol–water partition coefficient (Wildman–Crippen LogP) is 3.21. The summed E-state index contributed by atoms with van der Waals surface area (Å²) in [4.78, 5) is 29.0. The van der Waals surface area contributed by atoms with E-state index in [1.165, 1.54) is 24.3 Å². The number of anilines is 1. The number of carbonyl (C=O) groups is 2. The number of hydrogen-bond acceptors (Lipinski definition) is 4. The Morgan fingerprint density at radius 3 is 2.85 bits per heavy atom. The van der Waals surface area contributed by atoms with Gasteiger partial charge in [0.2, 0.25) is 11.8 Å². The maximum Gasteiger partial charge on any atom is 0.468 e. The number of nitrogens with zero attached hydrogens (tertiary/aromatic N) is 2. The molecule has 1 saturated heterocycles. The molecule has 1 atom stereocenters. The number of halogens is 3. The third-order valence-corrected chi connectivity index (χ3v) is 4.18. The van der Waals surface area contributed by atoms with E-state index < -0.39 is 18.0 Å². The minimum Gasteiger partial charge on any atom is -0.433 e. The highest BCUT2D eigenvalue weighted by Gasteiger charge is 2.37. The van der Waals surface area contributed by atoms with E-state index in [1.807, 2.05) is 0 Å². The molecule has 6 nitrogen and oxygen atoms in total. The molecule has 1 N–H and O–H groups in total. The van der Waals surface area contributed by atoms with E-state index >= 15 is 0 Å². The Morgan fingerprint density at radius 1 is 1.38 bits per heavy atom. The van der Waals surface area contributed by atoms with Gasteiger partial charge in [-0.05, 0) is 31.1 Å². The topological polar surface area (TPSA) is 75.4 Å². The summed E-state index contributed by atoms with van der Waals surface area (Å²) in [6.07, 6.45) is -2.16. The molecule has 1 unspecified atom stereocenters. The number of carbonyl (C=O) groups excluding carboxylic acids is 2. The van der Waals surface area contributed by atoms with Crippen molar-refractivity contribution in [3.63, 3.8) is 0 Å². The Balaban J connectivity index is 1.72. The zero-order chi connectivity index (χ0) is 18.9. The lowest BCUT2D eigenvalue weighted by atomic mass is 9.97. The zero-order valence-electron chi connectivity index (χ0n) is 13.7. The van der Waals surface area contributed by atoms with Gasteiger partial charge >= 0.3 is 12.1 Å². The molecule has 0 spiro atoms. The van der Waals surface area contributed by atoms with Crippen LogP contribution in [0.15, 0.2) is 35.3 Å². The fourth-order valence-corrected chi connectivity index (χ4v) is 2.89. The van der Waals surface area contributed by atoms with Gasteiger partial charge in [-0.25, -0.2) is 4.98 Å². The predicted molar refractivity (Wildman–Crippen MR) is 87.1 cm³/mol. The van der Waals surface area contributed by atoms with Crippen LogP contribution in [0.25, 0.3) is 11.1 Å². The normalized spacial score (nSPS) is 18.0. The summed E-state index contributed by atoms with van der Waals surface area (Å²) in [5.41, 5.74) is 0.289. The molecule has 0 radical (unpaired) electrons. The molecule has 0 bridgehead atoms. The van der Waals surface area contributed by atoms with E-state index in [4.69, 9.17) is 4.42 Å². The van der Waals surface area contributed by atoms with Crippen molar-refractivity contribution in [3.05, 3.63) is 36.7 Å². The van der Waals surface area contributed by atoms with Gasteiger partial charge in [-0.2, -0.15) is 13.2 Å². The second-order valence-electron chi connectivity index (χ2n) is 6.02. The average Bonchev–Trinajstić information content (AvgIpc) is 3.05. The summed E-state index contributed by atoms with van der Waals surface area (Å²) in [6.45, 7) is 4.28. The highest BCUT2D eigenvalue weighted by atomic mass is 19.4. The van der Waals surface area contributed by atoms with Crippen LogP contribution >= 0.6 is 0 Å². The van der Waals surface area contributed by atoms with Crippen LogP contribution in [0.3, 0.4) is 0 Å². The first-order valence-electron chi connectivity index (χ1n) is 7.98. The van der Waals surface area contributed by atoms with E-state index in [0.717, 1.165) is 0 Å². The highest BCUT2D eigenvalue weighted by Crippen LogP contribution is 2.32. The third kappa shape index (κ3) is 3.71. The monoisotopic (exact) mass is 367 g/mol.